The summed E-state index contributed by atoms with van der Waals surface area (Å²) in [7, 11) is 2.24. The second kappa shape index (κ2) is 8.23. The Bertz CT molecular complexity index is 218. The van der Waals surface area contributed by atoms with E-state index in [-0.39, 0.29) is 5.50 Å². The topological polar surface area (TPSA) is 55.5 Å². The van der Waals surface area contributed by atoms with Crippen LogP contribution in [0.15, 0.2) is 0 Å². The number of hydrogen-bond donors (Lipinski definition) is 2. The molecule has 0 aliphatic carbocycles. The third kappa shape index (κ3) is 11.1. The van der Waals surface area contributed by atoms with Crippen LogP contribution in [0.2, 0.25) is 5.82 Å². The third-order valence-corrected chi connectivity index (χ3v) is 3.35. The Morgan fingerprint density at radius 2 is 1.89 bits per heavy atom. The molecule has 0 aliphatic rings. The van der Waals surface area contributed by atoms with Gasteiger partial charge in [-0.1, -0.05) is 19.2 Å². The Morgan fingerprint density at radius 1 is 1.28 bits per heavy atom. The maximum absolute atomic E-state index is 9.64. The second-order valence-electron chi connectivity index (χ2n) is 6.75. The summed E-state index contributed by atoms with van der Waals surface area (Å²) in [6.45, 7) is 11.6. The zero-order chi connectivity index (χ0) is 14.2. The first-order valence-electron chi connectivity index (χ1n) is 7.23. The molecule has 1 atom stereocenters. The third-order valence-electron chi connectivity index (χ3n) is 3.35. The Labute approximate surface area is 114 Å². The molecule has 5 heteroatoms. The van der Waals surface area contributed by atoms with Crippen LogP contribution in [-0.4, -0.2) is 43.7 Å². The quantitative estimate of drug-likeness (QED) is 0.577. The average Bonchev–Trinajstić information content (AvgIpc) is 2.21. The molecule has 0 aromatic heterocycles. The van der Waals surface area contributed by atoms with Crippen molar-refractivity contribution in [3.05, 3.63) is 0 Å². The van der Waals surface area contributed by atoms with E-state index >= 15 is 0 Å². The smallest absolute Gasteiger partial charge is 0.127 e. The van der Waals surface area contributed by atoms with Gasteiger partial charge in [-0.2, -0.15) is 0 Å². The molecule has 0 fully saturated rings. The molecule has 0 saturated heterocycles. The van der Waals surface area contributed by atoms with E-state index in [4.69, 9.17) is 10.5 Å². The summed E-state index contributed by atoms with van der Waals surface area (Å²) in [5.41, 5.74) is 4.79. The molecule has 0 aromatic carbocycles. The van der Waals surface area contributed by atoms with Crippen LogP contribution in [-0.2, 0) is 4.74 Å². The van der Waals surface area contributed by atoms with E-state index in [1.165, 1.54) is 13.6 Å². The van der Waals surface area contributed by atoms with Crippen molar-refractivity contribution in [2.45, 2.75) is 70.8 Å². The minimum Gasteiger partial charge on any atom is -0.390 e. The van der Waals surface area contributed by atoms with Gasteiger partial charge in [0, 0.05) is 12.1 Å². The lowest BCUT2D eigenvalue weighted by atomic mass is 9.28. The lowest BCUT2D eigenvalue weighted by Crippen LogP contribution is -2.38. The van der Waals surface area contributed by atoms with E-state index in [9.17, 15) is 5.11 Å². The van der Waals surface area contributed by atoms with Gasteiger partial charge in [0.15, 0.2) is 0 Å². The summed E-state index contributed by atoms with van der Waals surface area (Å²) in [6.07, 6.45) is 3.00. The van der Waals surface area contributed by atoms with Crippen LogP contribution in [0.5, 0.6) is 0 Å². The fourth-order valence-corrected chi connectivity index (χ4v) is 1.85. The molecular formula is C13H31B2NO2. The molecule has 0 spiro atoms. The van der Waals surface area contributed by atoms with E-state index in [1.54, 1.807) is 0 Å². The minimum absolute atomic E-state index is 0.0950. The maximum atomic E-state index is 9.64. The van der Waals surface area contributed by atoms with E-state index in [2.05, 4.69) is 20.8 Å². The second-order valence-corrected chi connectivity index (χ2v) is 6.75. The largest absolute Gasteiger partial charge is 0.390 e. The molecular weight excluding hydrogens is 224 g/mol. The lowest BCUT2D eigenvalue weighted by molar-refractivity contribution is -0.00669. The van der Waals surface area contributed by atoms with Crippen LogP contribution in [0.25, 0.3) is 0 Å². The summed E-state index contributed by atoms with van der Waals surface area (Å²) < 4.78 is 5.88. The van der Waals surface area contributed by atoms with Crippen molar-refractivity contribution < 1.29 is 9.84 Å². The summed E-state index contributed by atoms with van der Waals surface area (Å²) in [4.78, 5) is 0. The highest BCUT2D eigenvalue weighted by atomic mass is 16.5. The molecule has 18 heavy (non-hydrogen) atoms. The molecule has 1 unspecified atom stereocenters. The van der Waals surface area contributed by atoms with Crippen LogP contribution < -0.4 is 5.73 Å². The van der Waals surface area contributed by atoms with Gasteiger partial charge in [-0.3, -0.25) is 0 Å². The molecule has 0 aromatic rings. The molecule has 0 aliphatic heterocycles. The Hall–Kier alpha value is 0.00987. The highest BCUT2D eigenvalue weighted by Gasteiger charge is 2.23. The van der Waals surface area contributed by atoms with Crippen molar-refractivity contribution in [2.24, 2.45) is 5.73 Å². The van der Waals surface area contributed by atoms with Gasteiger partial charge in [-0.05, 0) is 47.1 Å². The molecule has 106 valence electrons. The number of hydrogen-bond acceptors (Lipinski definition) is 3. The van der Waals surface area contributed by atoms with Crippen molar-refractivity contribution in [1.82, 2.24) is 0 Å². The molecule has 0 amide bonds. The fraction of sp³-hybridized carbons (Fsp3) is 1.00. The molecule has 3 N–H and O–H groups in total. The normalized spacial score (nSPS) is 14.4. The van der Waals surface area contributed by atoms with Gasteiger partial charge >= 0.3 is 0 Å². The fourth-order valence-electron chi connectivity index (χ4n) is 1.85. The van der Waals surface area contributed by atoms with Gasteiger partial charge in [0.25, 0.3) is 0 Å². The zero-order valence-corrected chi connectivity index (χ0v) is 13.0. The van der Waals surface area contributed by atoms with Crippen LogP contribution in [0.4, 0.5) is 0 Å². The molecule has 0 radical (unpaired) electrons. The maximum Gasteiger partial charge on any atom is 0.127 e. The highest BCUT2D eigenvalue weighted by Crippen LogP contribution is 2.15. The Balaban J connectivity index is 3.79. The monoisotopic (exact) mass is 255 g/mol. The number of ether oxygens (including phenoxy) is 1. The summed E-state index contributed by atoms with van der Waals surface area (Å²) in [5.74, 6) is 0.714. The standard InChI is InChI=1S/C13H31B2NO2/c1-11(7-6-9-16)14-15-13(4,5)18-10-8-12(2,3)17/h11,14-15,17H,6-10,16H2,1-5H3. The van der Waals surface area contributed by atoms with E-state index < -0.39 is 5.60 Å². The molecule has 0 saturated carbocycles. The highest BCUT2D eigenvalue weighted by molar-refractivity contribution is 7.02. The van der Waals surface area contributed by atoms with Crippen LogP contribution in [0.1, 0.15) is 53.9 Å². The van der Waals surface area contributed by atoms with Crippen LogP contribution in [0.3, 0.4) is 0 Å². The average molecular weight is 255 g/mol. The first-order valence-corrected chi connectivity index (χ1v) is 7.23. The van der Waals surface area contributed by atoms with Crippen molar-refractivity contribution in [3.63, 3.8) is 0 Å². The predicted molar refractivity (Wildman–Crippen MR) is 83.0 cm³/mol. The predicted octanol–water partition coefficient (Wildman–Crippen LogP) is 1.24. The number of rotatable bonds is 10. The summed E-state index contributed by atoms with van der Waals surface area (Å²) >= 11 is 0. The van der Waals surface area contributed by atoms with Crippen molar-refractivity contribution in [2.75, 3.05) is 13.2 Å². The SMILES string of the molecule is CC(BBC(C)(C)OCCC(C)(C)O)CCCN. The van der Waals surface area contributed by atoms with Crippen molar-refractivity contribution in [1.29, 1.82) is 0 Å². The van der Waals surface area contributed by atoms with Gasteiger partial charge in [-0.25, -0.2) is 0 Å². The van der Waals surface area contributed by atoms with Crippen molar-refractivity contribution in [3.8, 4) is 0 Å². The molecule has 3 nitrogen and oxygen atoms in total. The summed E-state index contributed by atoms with van der Waals surface area (Å²) in [5, 5.41) is 9.64. The Morgan fingerprint density at radius 3 is 2.39 bits per heavy atom. The van der Waals surface area contributed by atoms with Gasteiger partial charge in [0.05, 0.1) is 12.8 Å². The van der Waals surface area contributed by atoms with E-state index in [0.717, 1.165) is 20.1 Å². The zero-order valence-electron chi connectivity index (χ0n) is 13.0. The van der Waals surface area contributed by atoms with Crippen LogP contribution in [0, 0.1) is 0 Å². The van der Waals surface area contributed by atoms with Gasteiger partial charge in [0.2, 0.25) is 0 Å². The summed E-state index contributed by atoms with van der Waals surface area (Å²) in [6, 6.07) is 0. The number of aliphatic hydroxyl groups is 1. The van der Waals surface area contributed by atoms with Gasteiger partial charge in [-0.15, -0.1) is 0 Å². The molecule has 0 heterocycles. The Kier molecular flexibility index (Phi) is 8.24. The minimum atomic E-state index is -0.634. The first-order chi connectivity index (χ1) is 8.16. The number of nitrogens with two attached hydrogens (primary N) is 1. The first kappa shape index (κ1) is 18.0. The lowest BCUT2D eigenvalue weighted by Gasteiger charge is -2.27. The molecule has 0 bridgehead atoms. The van der Waals surface area contributed by atoms with Crippen LogP contribution >= 0.6 is 0 Å². The van der Waals surface area contributed by atoms with Gasteiger partial charge in [0.1, 0.15) is 7.17 Å². The van der Waals surface area contributed by atoms with Gasteiger partial charge < -0.3 is 15.6 Å². The van der Waals surface area contributed by atoms with Crippen molar-refractivity contribution >= 4 is 14.3 Å². The van der Waals surface area contributed by atoms with E-state index in [0.29, 0.717) is 18.8 Å². The molecule has 0 rings (SSSR count). The van der Waals surface area contributed by atoms with E-state index in [1.807, 2.05) is 13.8 Å².